The zero-order valence-corrected chi connectivity index (χ0v) is 10.8. The quantitative estimate of drug-likeness (QED) is 0.196. The lowest BCUT2D eigenvalue weighted by Gasteiger charge is -2.16. The van der Waals surface area contributed by atoms with Crippen molar-refractivity contribution in [2.75, 3.05) is 33.4 Å². The lowest BCUT2D eigenvalue weighted by Crippen LogP contribution is -2.28. The molecule has 0 saturated carbocycles. The topological polar surface area (TPSA) is 78.3 Å². The number of rotatable bonds is 10. The number of ether oxygens (including phenoxy) is 1. The van der Waals surface area contributed by atoms with E-state index in [0.29, 0.717) is 32.7 Å². The molecule has 0 aliphatic rings. The Hall–Kier alpha value is -1.70. The summed E-state index contributed by atoms with van der Waals surface area (Å²) >= 11 is 0. The lowest BCUT2D eigenvalue weighted by molar-refractivity contribution is -0.130. The van der Waals surface area contributed by atoms with Gasteiger partial charge in [-0.05, 0) is 24.8 Å². The summed E-state index contributed by atoms with van der Waals surface area (Å²) in [5.41, 5.74) is 8.08. The molecule has 100 valence electrons. The number of unbranched alkanes of at least 4 members (excludes halogenated alkanes) is 1. The average Bonchev–Trinajstić information content (AvgIpc) is 2.37. The normalized spacial score (nSPS) is 9.33. The average molecular weight is 252 g/mol. The van der Waals surface area contributed by atoms with Gasteiger partial charge in [-0.1, -0.05) is 11.0 Å². The molecule has 6 nitrogen and oxygen atoms in total. The van der Waals surface area contributed by atoms with Gasteiger partial charge in [0.25, 0.3) is 0 Å². The summed E-state index contributed by atoms with van der Waals surface area (Å²) in [6, 6.07) is 0. The summed E-state index contributed by atoms with van der Waals surface area (Å²) in [6.07, 6.45) is 7.80. The molecule has 1 amide bonds. The van der Waals surface area contributed by atoms with Crippen molar-refractivity contribution < 1.29 is 9.53 Å². The number of azide groups is 1. The summed E-state index contributed by atoms with van der Waals surface area (Å²) < 4.78 is 5.12. The highest BCUT2D eigenvalue weighted by Crippen LogP contribution is 2.01. The summed E-state index contributed by atoms with van der Waals surface area (Å²) in [7, 11) is 1.77. The van der Waals surface area contributed by atoms with Crippen LogP contribution in [0.15, 0.2) is 5.11 Å². The molecule has 0 aliphatic carbocycles. The fraction of sp³-hybridized carbons (Fsp3) is 0.750. The molecule has 0 heterocycles. The van der Waals surface area contributed by atoms with E-state index in [1.165, 1.54) is 0 Å². The SMILES string of the molecule is C#CCOCCCN(C)C(=O)CCCCN=[N+]=[N-]. The van der Waals surface area contributed by atoms with E-state index in [1.54, 1.807) is 11.9 Å². The Morgan fingerprint density at radius 1 is 1.50 bits per heavy atom. The molecular weight excluding hydrogens is 232 g/mol. The van der Waals surface area contributed by atoms with Crippen molar-refractivity contribution in [1.82, 2.24) is 4.90 Å². The van der Waals surface area contributed by atoms with Crippen molar-refractivity contribution >= 4 is 5.91 Å². The predicted molar refractivity (Wildman–Crippen MR) is 69.8 cm³/mol. The molecule has 6 heteroatoms. The Morgan fingerprint density at radius 3 is 2.94 bits per heavy atom. The van der Waals surface area contributed by atoms with E-state index in [2.05, 4.69) is 15.9 Å². The number of hydrogen-bond acceptors (Lipinski definition) is 3. The standard InChI is InChI=1S/C12H20N4O2/c1-3-10-18-11-6-9-16(2)12(17)7-4-5-8-14-15-13/h1H,4-11H2,2H3. The van der Waals surface area contributed by atoms with Gasteiger partial charge in [0, 0.05) is 38.1 Å². The van der Waals surface area contributed by atoms with Crippen LogP contribution in [-0.4, -0.2) is 44.2 Å². The molecule has 0 rings (SSSR count). The Bertz CT molecular complexity index is 319. The first kappa shape index (κ1) is 16.3. The smallest absolute Gasteiger partial charge is 0.222 e. The minimum absolute atomic E-state index is 0.105. The molecular formula is C12H20N4O2. The van der Waals surface area contributed by atoms with Crippen molar-refractivity contribution in [3.05, 3.63) is 10.4 Å². The molecule has 0 radical (unpaired) electrons. The van der Waals surface area contributed by atoms with Gasteiger partial charge in [-0.15, -0.1) is 6.42 Å². The van der Waals surface area contributed by atoms with Gasteiger partial charge in [-0.25, -0.2) is 0 Å². The fourth-order valence-electron chi connectivity index (χ4n) is 1.35. The number of hydrogen-bond donors (Lipinski definition) is 0. The van der Waals surface area contributed by atoms with E-state index < -0.39 is 0 Å². The molecule has 0 N–H and O–H groups in total. The highest BCUT2D eigenvalue weighted by Gasteiger charge is 2.07. The van der Waals surface area contributed by atoms with Crippen molar-refractivity contribution in [3.8, 4) is 12.3 Å². The Morgan fingerprint density at radius 2 is 2.28 bits per heavy atom. The zero-order chi connectivity index (χ0) is 13.6. The largest absolute Gasteiger partial charge is 0.369 e. The zero-order valence-electron chi connectivity index (χ0n) is 10.8. The van der Waals surface area contributed by atoms with Crippen LogP contribution in [0.1, 0.15) is 25.7 Å². The van der Waals surface area contributed by atoms with Crippen LogP contribution in [0.4, 0.5) is 0 Å². The molecule has 0 spiro atoms. The molecule has 0 bridgehead atoms. The minimum Gasteiger partial charge on any atom is -0.369 e. The number of nitrogens with zero attached hydrogens (tertiary/aromatic N) is 4. The van der Waals surface area contributed by atoms with Crippen LogP contribution in [0.5, 0.6) is 0 Å². The van der Waals surface area contributed by atoms with Crippen LogP contribution in [0.3, 0.4) is 0 Å². The van der Waals surface area contributed by atoms with Gasteiger partial charge in [0.05, 0.1) is 0 Å². The Balaban J connectivity index is 3.51. The summed E-state index contributed by atoms with van der Waals surface area (Å²) in [6.45, 7) is 2.00. The van der Waals surface area contributed by atoms with E-state index >= 15 is 0 Å². The minimum atomic E-state index is 0.105. The van der Waals surface area contributed by atoms with Crippen LogP contribution in [0.2, 0.25) is 0 Å². The molecule has 0 aliphatic heterocycles. The number of amides is 1. The third-order valence-electron chi connectivity index (χ3n) is 2.36. The first-order valence-electron chi connectivity index (χ1n) is 5.98. The van der Waals surface area contributed by atoms with E-state index in [0.717, 1.165) is 19.3 Å². The number of terminal acetylenes is 1. The molecule has 0 saturated heterocycles. The fourth-order valence-corrected chi connectivity index (χ4v) is 1.35. The van der Waals surface area contributed by atoms with E-state index in [-0.39, 0.29) is 5.91 Å². The molecule has 0 aromatic rings. The van der Waals surface area contributed by atoms with Crippen molar-refractivity contribution in [2.45, 2.75) is 25.7 Å². The molecule has 0 atom stereocenters. The van der Waals surface area contributed by atoms with Crippen molar-refractivity contribution in [3.63, 3.8) is 0 Å². The molecule has 0 aromatic heterocycles. The van der Waals surface area contributed by atoms with Gasteiger partial charge in [0.2, 0.25) is 5.91 Å². The van der Waals surface area contributed by atoms with Crippen LogP contribution in [0, 0.1) is 12.3 Å². The summed E-state index contributed by atoms with van der Waals surface area (Å²) in [4.78, 5) is 16.0. The summed E-state index contributed by atoms with van der Waals surface area (Å²) in [5, 5.41) is 3.41. The second-order valence-electron chi connectivity index (χ2n) is 3.84. The number of carbonyl (C=O) groups excluding carboxylic acids is 1. The third kappa shape index (κ3) is 9.52. The van der Waals surface area contributed by atoms with Gasteiger partial charge in [-0.3, -0.25) is 4.79 Å². The highest BCUT2D eigenvalue weighted by molar-refractivity contribution is 5.75. The van der Waals surface area contributed by atoms with Gasteiger partial charge in [0.15, 0.2) is 0 Å². The highest BCUT2D eigenvalue weighted by atomic mass is 16.5. The van der Waals surface area contributed by atoms with Crippen LogP contribution in [-0.2, 0) is 9.53 Å². The maximum absolute atomic E-state index is 11.6. The van der Waals surface area contributed by atoms with Gasteiger partial charge < -0.3 is 9.64 Å². The van der Waals surface area contributed by atoms with Gasteiger partial charge >= 0.3 is 0 Å². The number of carbonyl (C=O) groups is 1. The van der Waals surface area contributed by atoms with Gasteiger partial charge in [-0.2, -0.15) is 0 Å². The molecule has 0 fully saturated rings. The van der Waals surface area contributed by atoms with Crippen LogP contribution >= 0.6 is 0 Å². The Kier molecular flexibility index (Phi) is 10.7. The molecule has 18 heavy (non-hydrogen) atoms. The van der Waals surface area contributed by atoms with Crippen molar-refractivity contribution in [2.24, 2.45) is 5.11 Å². The van der Waals surface area contributed by atoms with Crippen molar-refractivity contribution in [1.29, 1.82) is 0 Å². The summed E-state index contributed by atoms with van der Waals surface area (Å²) in [5.74, 6) is 2.49. The molecule has 0 unspecified atom stereocenters. The second kappa shape index (κ2) is 11.8. The van der Waals surface area contributed by atoms with Gasteiger partial charge in [0.1, 0.15) is 6.61 Å². The first-order valence-corrected chi connectivity index (χ1v) is 5.98. The lowest BCUT2D eigenvalue weighted by atomic mass is 10.2. The third-order valence-corrected chi connectivity index (χ3v) is 2.36. The van der Waals surface area contributed by atoms with Crippen LogP contribution in [0.25, 0.3) is 10.4 Å². The Labute approximate surface area is 108 Å². The first-order chi connectivity index (χ1) is 8.72. The second-order valence-corrected chi connectivity index (χ2v) is 3.84. The monoisotopic (exact) mass is 252 g/mol. The predicted octanol–water partition coefficient (Wildman–Crippen LogP) is 1.97. The maximum atomic E-state index is 11.6. The molecule has 0 aromatic carbocycles. The van der Waals surface area contributed by atoms with E-state index in [1.807, 2.05) is 0 Å². The van der Waals surface area contributed by atoms with Crippen LogP contribution < -0.4 is 0 Å². The van der Waals surface area contributed by atoms with E-state index in [4.69, 9.17) is 16.7 Å². The maximum Gasteiger partial charge on any atom is 0.222 e. The van der Waals surface area contributed by atoms with E-state index in [9.17, 15) is 4.79 Å².